The number of aromatic nitrogens is 4. The monoisotopic (exact) mass is 330 g/mol. The van der Waals surface area contributed by atoms with Crippen LogP contribution in [-0.4, -0.2) is 53.4 Å². The Morgan fingerprint density at radius 2 is 1.79 bits per heavy atom. The van der Waals surface area contributed by atoms with E-state index in [1.54, 1.807) is 9.80 Å². The Bertz CT molecular complexity index is 615. The summed E-state index contributed by atoms with van der Waals surface area (Å²) in [6.45, 7) is 10.1. The summed E-state index contributed by atoms with van der Waals surface area (Å²) >= 11 is 0. The van der Waals surface area contributed by atoms with E-state index in [0.717, 1.165) is 31.9 Å². The van der Waals surface area contributed by atoms with E-state index in [4.69, 9.17) is 0 Å². The molecular weight excluding hydrogens is 300 g/mol. The third-order valence-electron chi connectivity index (χ3n) is 5.02. The summed E-state index contributed by atoms with van der Waals surface area (Å²) in [5.41, 5.74) is 1.31. The zero-order chi connectivity index (χ0) is 16.9. The van der Waals surface area contributed by atoms with E-state index >= 15 is 0 Å². The number of nitrogens with zero attached hydrogens (tertiary/aromatic N) is 4. The first-order valence-corrected chi connectivity index (χ1v) is 9.12. The molecule has 0 radical (unpaired) electrons. The van der Waals surface area contributed by atoms with Gasteiger partial charge in [-0.15, -0.1) is 5.10 Å². The standard InChI is InChI=1S/C18H28N6/c1-15(2)9-10-24-18(19-20-21-24)17(16-7-5-4-6-8-16)23-13-11-22(3)12-14-23/h4-8,15,17H,9-14H2,1-3H3/p+2/t17-/m1/s1. The van der Waals surface area contributed by atoms with Gasteiger partial charge in [-0.3, -0.25) is 0 Å². The predicted molar refractivity (Wildman–Crippen MR) is 92.9 cm³/mol. The highest BCUT2D eigenvalue weighted by Gasteiger charge is 2.34. The van der Waals surface area contributed by atoms with E-state index < -0.39 is 0 Å². The van der Waals surface area contributed by atoms with Crippen LogP contribution in [0.15, 0.2) is 30.3 Å². The van der Waals surface area contributed by atoms with E-state index in [1.807, 2.05) is 4.68 Å². The van der Waals surface area contributed by atoms with E-state index in [-0.39, 0.29) is 6.04 Å². The van der Waals surface area contributed by atoms with Crippen LogP contribution in [0.5, 0.6) is 0 Å². The van der Waals surface area contributed by atoms with Crippen molar-refractivity contribution in [3.63, 3.8) is 0 Å². The third-order valence-corrected chi connectivity index (χ3v) is 5.02. The SMILES string of the molecule is CC(C)CCn1nnnc1[C@@H](c1ccccc1)[NH+]1CC[NH+](C)CC1. The lowest BCUT2D eigenvalue weighted by Crippen LogP contribution is -3.27. The Morgan fingerprint density at radius 1 is 1.08 bits per heavy atom. The topological polar surface area (TPSA) is 52.5 Å². The largest absolute Gasteiger partial charge is 0.328 e. The molecule has 1 saturated heterocycles. The van der Waals surface area contributed by atoms with E-state index in [2.05, 4.69) is 66.8 Å². The smallest absolute Gasteiger partial charge is 0.214 e. The maximum atomic E-state index is 4.44. The first-order valence-electron chi connectivity index (χ1n) is 9.12. The van der Waals surface area contributed by atoms with Crippen LogP contribution in [0.4, 0.5) is 0 Å². The molecule has 1 aromatic heterocycles. The van der Waals surface area contributed by atoms with Crippen molar-refractivity contribution >= 4 is 0 Å². The van der Waals surface area contributed by atoms with Gasteiger partial charge in [0.15, 0.2) is 6.04 Å². The molecule has 6 nitrogen and oxygen atoms in total. The molecule has 1 fully saturated rings. The third kappa shape index (κ3) is 3.99. The number of hydrogen-bond acceptors (Lipinski definition) is 3. The predicted octanol–water partition coefficient (Wildman–Crippen LogP) is -0.778. The molecule has 24 heavy (non-hydrogen) atoms. The highest BCUT2D eigenvalue weighted by molar-refractivity contribution is 5.22. The van der Waals surface area contributed by atoms with Gasteiger partial charge >= 0.3 is 0 Å². The number of nitrogens with one attached hydrogen (secondary N) is 2. The van der Waals surface area contributed by atoms with Gasteiger partial charge in [-0.1, -0.05) is 44.2 Å². The molecule has 0 aliphatic carbocycles. The van der Waals surface area contributed by atoms with Crippen molar-refractivity contribution in [1.29, 1.82) is 0 Å². The first-order chi connectivity index (χ1) is 11.6. The maximum Gasteiger partial charge on any atom is 0.214 e. The summed E-state index contributed by atoms with van der Waals surface area (Å²) < 4.78 is 2.02. The lowest BCUT2D eigenvalue weighted by Gasteiger charge is -2.32. The number of likely N-dealkylation sites (N-methyl/N-ethyl adjacent to an activating group) is 1. The second-order valence-electron chi connectivity index (χ2n) is 7.40. The normalized spacial score (nSPS) is 22.7. The minimum Gasteiger partial charge on any atom is -0.328 e. The van der Waals surface area contributed by atoms with Gasteiger partial charge in [0.05, 0.1) is 7.05 Å². The van der Waals surface area contributed by atoms with Crippen molar-refractivity contribution in [3.8, 4) is 0 Å². The minimum absolute atomic E-state index is 0.224. The molecule has 1 atom stereocenters. The van der Waals surface area contributed by atoms with Gasteiger partial charge in [0, 0.05) is 12.1 Å². The number of benzene rings is 1. The van der Waals surface area contributed by atoms with Gasteiger partial charge in [-0.25, -0.2) is 4.68 Å². The quantitative estimate of drug-likeness (QED) is 0.731. The molecule has 2 N–H and O–H groups in total. The highest BCUT2D eigenvalue weighted by atomic mass is 15.6. The van der Waals surface area contributed by atoms with E-state index in [0.29, 0.717) is 5.92 Å². The van der Waals surface area contributed by atoms with Gasteiger partial charge in [0.2, 0.25) is 5.82 Å². The Kier molecular flexibility index (Phi) is 5.58. The van der Waals surface area contributed by atoms with Gasteiger partial charge in [0.1, 0.15) is 26.2 Å². The molecule has 1 aromatic carbocycles. The van der Waals surface area contributed by atoms with Gasteiger partial charge in [-0.05, 0) is 22.8 Å². The summed E-state index contributed by atoms with van der Waals surface area (Å²) in [4.78, 5) is 3.19. The lowest BCUT2D eigenvalue weighted by molar-refractivity contribution is -1.02. The average Bonchev–Trinajstić information content (AvgIpc) is 3.04. The Balaban J connectivity index is 1.89. The fourth-order valence-electron chi connectivity index (χ4n) is 3.46. The molecule has 0 bridgehead atoms. The Morgan fingerprint density at radius 3 is 2.46 bits per heavy atom. The van der Waals surface area contributed by atoms with Crippen molar-refractivity contribution in [2.45, 2.75) is 32.9 Å². The maximum absolute atomic E-state index is 4.44. The number of tetrazole rings is 1. The Hall–Kier alpha value is -1.79. The van der Waals surface area contributed by atoms with Crippen LogP contribution in [0, 0.1) is 5.92 Å². The van der Waals surface area contributed by atoms with Crippen molar-refractivity contribution in [2.75, 3.05) is 33.2 Å². The van der Waals surface area contributed by atoms with Crippen LogP contribution < -0.4 is 9.80 Å². The molecule has 2 heterocycles. The van der Waals surface area contributed by atoms with Crippen LogP contribution in [0.3, 0.4) is 0 Å². The zero-order valence-electron chi connectivity index (χ0n) is 15.1. The summed E-state index contributed by atoms with van der Waals surface area (Å²) in [6.07, 6.45) is 1.10. The molecule has 0 spiro atoms. The fraction of sp³-hybridized carbons (Fsp3) is 0.611. The fourth-order valence-corrected chi connectivity index (χ4v) is 3.46. The second kappa shape index (κ2) is 7.85. The lowest BCUT2D eigenvalue weighted by atomic mass is 10.0. The van der Waals surface area contributed by atoms with Crippen molar-refractivity contribution in [3.05, 3.63) is 41.7 Å². The summed E-state index contributed by atoms with van der Waals surface area (Å²) in [7, 11) is 2.28. The molecular formula is C18H30N6+2. The number of aryl methyl sites for hydroxylation is 1. The van der Waals surface area contributed by atoms with Crippen LogP contribution >= 0.6 is 0 Å². The molecule has 3 rings (SSSR count). The summed E-state index contributed by atoms with van der Waals surface area (Å²) in [5.74, 6) is 1.66. The molecule has 1 aliphatic heterocycles. The van der Waals surface area contributed by atoms with Crippen LogP contribution in [0.2, 0.25) is 0 Å². The van der Waals surface area contributed by atoms with E-state index in [9.17, 15) is 0 Å². The van der Waals surface area contributed by atoms with Crippen molar-refractivity contribution in [2.24, 2.45) is 5.92 Å². The molecule has 0 unspecified atom stereocenters. The highest BCUT2D eigenvalue weighted by Crippen LogP contribution is 2.17. The second-order valence-corrected chi connectivity index (χ2v) is 7.40. The molecule has 0 saturated carbocycles. The number of hydrogen-bond donors (Lipinski definition) is 2. The van der Waals surface area contributed by atoms with Crippen LogP contribution in [-0.2, 0) is 6.54 Å². The molecule has 0 amide bonds. The summed E-state index contributed by atoms with van der Waals surface area (Å²) in [5, 5.41) is 12.7. The average molecular weight is 330 g/mol. The first kappa shape index (κ1) is 17.0. The van der Waals surface area contributed by atoms with Crippen molar-refractivity contribution < 1.29 is 9.80 Å². The van der Waals surface area contributed by atoms with E-state index in [1.165, 1.54) is 18.7 Å². The molecule has 1 aliphatic rings. The zero-order valence-corrected chi connectivity index (χ0v) is 15.1. The number of quaternary nitrogens is 2. The molecule has 2 aromatic rings. The van der Waals surface area contributed by atoms with Crippen LogP contribution in [0.25, 0.3) is 0 Å². The number of rotatable bonds is 6. The van der Waals surface area contributed by atoms with Crippen LogP contribution in [0.1, 0.15) is 37.7 Å². The van der Waals surface area contributed by atoms with Gasteiger partial charge in [0.25, 0.3) is 0 Å². The summed E-state index contributed by atoms with van der Waals surface area (Å²) in [6, 6.07) is 11.0. The van der Waals surface area contributed by atoms with Crippen molar-refractivity contribution in [1.82, 2.24) is 20.2 Å². The Labute approximate surface area is 144 Å². The molecule has 130 valence electrons. The van der Waals surface area contributed by atoms with Gasteiger partial charge in [-0.2, -0.15) is 0 Å². The van der Waals surface area contributed by atoms with Gasteiger partial charge < -0.3 is 9.80 Å². The minimum atomic E-state index is 0.224. The number of piperazine rings is 1. The molecule has 6 heteroatoms.